The van der Waals surface area contributed by atoms with Gasteiger partial charge in [-0.05, 0) is 42.9 Å². The number of carbonyl (C=O) groups is 1. The van der Waals surface area contributed by atoms with Crippen LogP contribution in [0.25, 0.3) is 0 Å². The average molecular weight is 341 g/mol. The van der Waals surface area contributed by atoms with Crippen LogP contribution in [0.3, 0.4) is 0 Å². The van der Waals surface area contributed by atoms with Gasteiger partial charge in [0.05, 0.1) is 12.2 Å². The molecule has 0 aromatic carbocycles. The molecule has 0 radical (unpaired) electrons. The van der Waals surface area contributed by atoms with Crippen molar-refractivity contribution in [2.24, 2.45) is 13.0 Å². The molecule has 25 heavy (non-hydrogen) atoms. The molecular weight excluding hydrogens is 314 g/mol. The highest BCUT2D eigenvalue weighted by molar-refractivity contribution is 5.83. The number of likely N-dealkylation sites (tertiary alicyclic amines) is 1. The number of hydrogen-bond donors (Lipinski definition) is 0. The van der Waals surface area contributed by atoms with Crippen molar-refractivity contribution in [2.45, 2.75) is 57.4 Å². The van der Waals surface area contributed by atoms with Gasteiger partial charge in [-0.15, -0.1) is 0 Å². The van der Waals surface area contributed by atoms with Gasteiger partial charge in [-0.2, -0.15) is 5.10 Å². The highest BCUT2D eigenvalue weighted by Gasteiger charge is 2.47. The van der Waals surface area contributed by atoms with Crippen LogP contribution in [0.4, 0.5) is 0 Å². The zero-order valence-electron chi connectivity index (χ0n) is 15.1. The average Bonchev–Trinajstić information content (AvgIpc) is 3.18. The normalized spacial score (nSPS) is 26.5. The predicted molar refractivity (Wildman–Crippen MR) is 95.1 cm³/mol. The summed E-state index contributed by atoms with van der Waals surface area (Å²) < 4.78 is 7.83. The molecule has 1 amide bonds. The van der Waals surface area contributed by atoms with Gasteiger partial charge >= 0.3 is 0 Å². The van der Waals surface area contributed by atoms with Crippen molar-refractivity contribution in [1.29, 1.82) is 0 Å². The summed E-state index contributed by atoms with van der Waals surface area (Å²) >= 11 is 0. The highest BCUT2D eigenvalue weighted by atomic mass is 16.3. The molecule has 3 atom stereocenters. The van der Waals surface area contributed by atoms with E-state index in [9.17, 15) is 4.79 Å². The Morgan fingerprint density at radius 1 is 1.32 bits per heavy atom. The van der Waals surface area contributed by atoms with Crippen LogP contribution >= 0.6 is 0 Å². The largest absolute Gasteiger partial charge is 0.464 e. The molecule has 4 rings (SSSR count). The van der Waals surface area contributed by atoms with E-state index in [1.54, 1.807) is 0 Å². The van der Waals surface area contributed by atoms with E-state index in [1.807, 2.05) is 24.1 Å². The Balaban J connectivity index is 1.52. The standard InChI is InChI=1S/C20H27N3O2/c1-3-15-8-9-19(25-15)18-7-5-4-6-10-23(18)20(24)17-11-16(17)14-12-21-22(2)13-14/h8-9,12-13,16-18H,3-7,10-11H2,1-2H3/t16-,17-,18+/m1/s1. The molecular formula is C20H27N3O2. The van der Waals surface area contributed by atoms with E-state index < -0.39 is 0 Å². The third-order valence-electron chi connectivity index (χ3n) is 5.66. The molecule has 2 aromatic rings. The van der Waals surface area contributed by atoms with E-state index >= 15 is 0 Å². The number of nitrogens with zero attached hydrogens (tertiary/aromatic N) is 3. The molecule has 5 nitrogen and oxygen atoms in total. The quantitative estimate of drug-likeness (QED) is 0.849. The molecule has 2 aromatic heterocycles. The minimum absolute atomic E-state index is 0.102. The number of hydrogen-bond acceptors (Lipinski definition) is 3. The van der Waals surface area contributed by atoms with Crippen LogP contribution in [0.1, 0.15) is 68.1 Å². The van der Waals surface area contributed by atoms with Crippen molar-refractivity contribution in [3.63, 3.8) is 0 Å². The van der Waals surface area contributed by atoms with Crippen LogP contribution in [0.5, 0.6) is 0 Å². The molecule has 2 aliphatic rings. The SMILES string of the molecule is CCc1ccc([C@@H]2CCCCCN2C(=O)[C@@H]2C[C@@H]2c2cnn(C)c2)o1. The molecule has 5 heteroatoms. The van der Waals surface area contributed by atoms with Gasteiger partial charge in [0.1, 0.15) is 11.5 Å². The van der Waals surface area contributed by atoms with Crippen molar-refractivity contribution in [3.05, 3.63) is 41.6 Å². The maximum atomic E-state index is 13.2. The molecule has 0 unspecified atom stereocenters. The van der Waals surface area contributed by atoms with Crippen LogP contribution in [0.15, 0.2) is 28.9 Å². The summed E-state index contributed by atoms with van der Waals surface area (Å²) in [6.07, 6.45) is 10.2. The van der Waals surface area contributed by atoms with Crippen LogP contribution in [-0.4, -0.2) is 27.1 Å². The molecule has 0 spiro atoms. The van der Waals surface area contributed by atoms with Gasteiger partial charge in [-0.1, -0.05) is 19.8 Å². The summed E-state index contributed by atoms with van der Waals surface area (Å²) in [6, 6.07) is 4.23. The van der Waals surface area contributed by atoms with Gasteiger partial charge in [0.15, 0.2) is 0 Å². The summed E-state index contributed by atoms with van der Waals surface area (Å²) in [5.41, 5.74) is 1.19. The molecule has 134 valence electrons. The number of carbonyl (C=O) groups excluding carboxylic acids is 1. The van der Waals surface area contributed by atoms with E-state index in [4.69, 9.17) is 4.42 Å². The molecule has 1 aliphatic heterocycles. The smallest absolute Gasteiger partial charge is 0.226 e. The minimum atomic E-state index is 0.102. The Labute approximate surface area is 149 Å². The number of furan rings is 1. The molecule has 0 bridgehead atoms. The second-order valence-corrected chi connectivity index (χ2v) is 7.45. The Bertz CT molecular complexity index is 748. The van der Waals surface area contributed by atoms with Crippen molar-refractivity contribution in [2.75, 3.05) is 6.54 Å². The lowest BCUT2D eigenvalue weighted by atomic mass is 10.1. The minimum Gasteiger partial charge on any atom is -0.464 e. The van der Waals surface area contributed by atoms with Crippen molar-refractivity contribution >= 4 is 5.91 Å². The Kier molecular flexibility index (Phi) is 4.40. The highest BCUT2D eigenvalue weighted by Crippen LogP contribution is 2.49. The Hall–Kier alpha value is -2.04. The van der Waals surface area contributed by atoms with Gasteiger partial charge in [-0.25, -0.2) is 0 Å². The van der Waals surface area contributed by atoms with E-state index in [0.717, 1.165) is 50.2 Å². The third-order valence-corrected chi connectivity index (χ3v) is 5.66. The first-order valence-corrected chi connectivity index (χ1v) is 9.55. The van der Waals surface area contributed by atoms with Gasteiger partial charge in [0.25, 0.3) is 0 Å². The third kappa shape index (κ3) is 3.24. The first kappa shape index (κ1) is 16.4. The van der Waals surface area contributed by atoms with E-state index in [2.05, 4.69) is 29.1 Å². The van der Waals surface area contributed by atoms with Gasteiger partial charge in [0.2, 0.25) is 5.91 Å². The molecule has 1 saturated carbocycles. The van der Waals surface area contributed by atoms with E-state index in [1.165, 1.54) is 12.0 Å². The fraction of sp³-hybridized carbons (Fsp3) is 0.600. The fourth-order valence-corrected chi connectivity index (χ4v) is 4.11. The monoisotopic (exact) mass is 341 g/mol. The first-order valence-electron chi connectivity index (χ1n) is 9.55. The lowest BCUT2D eigenvalue weighted by Gasteiger charge is -2.29. The predicted octanol–water partition coefficient (Wildman–Crippen LogP) is 3.82. The van der Waals surface area contributed by atoms with E-state index in [0.29, 0.717) is 11.8 Å². The number of aromatic nitrogens is 2. The zero-order chi connectivity index (χ0) is 17.4. The molecule has 2 fully saturated rings. The van der Waals surface area contributed by atoms with Crippen molar-refractivity contribution < 1.29 is 9.21 Å². The van der Waals surface area contributed by atoms with Crippen LogP contribution in [-0.2, 0) is 18.3 Å². The molecule has 0 N–H and O–H groups in total. The number of rotatable bonds is 4. The Morgan fingerprint density at radius 2 is 2.20 bits per heavy atom. The van der Waals surface area contributed by atoms with Gasteiger partial charge in [0, 0.05) is 32.1 Å². The second-order valence-electron chi connectivity index (χ2n) is 7.45. The summed E-state index contributed by atoms with van der Waals surface area (Å²) in [5, 5.41) is 4.25. The summed E-state index contributed by atoms with van der Waals surface area (Å²) in [4.78, 5) is 15.3. The number of aryl methyl sites for hydroxylation is 2. The van der Waals surface area contributed by atoms with Crippen LogP contribution in [0, 0.1) is 5.92 Å². The molecule has 3 heterocycles. The summed E-state index contributed by atoms with van der Waals surface area (Å²) in [7, 11) is 1.93. The maximum absolute atomic E-state index is 13.2. The second kappa shape index (κ2) is 6.70. The Morgan fingerprint density at radius 3 is 2.92 bits per heavy atom. The maximum Gasteiger partial charge on any atom is 0.226 e. The zero-order valence-corrected chi connectivity index (χ0v) is 15.1. The van der Waals surface area contributed by atoms with Gasteiger partial charge in [-0.3, -0.25) is 9.48 Å². The fourth-order valence-electron chi connectivity index (χ4n) is 4.11. The van der Waals surface area contributed by atoms with E-state index in [-0.39, 0.29) is 12.0 Å². The molecule has 1 saturated heterocycles. The first-order chi connectivity index (χ1) is 12.2. The summed E-state index contributed by atoms with van der Waals surface area (Å²) in [6.45, 7) is 2.95. The summed E-state index contributed by atoms with van der Waals surface area (Å²) in [5.74, 6) is 2.73. The number of amides is 1. The molecule has 1 aliphatic carbocycles. The lowest BCUT2D eigenvalue weighted by molar-refractivity contribution is -0.135. The topological polar surface area (TPSA) is 51.3 Å². The van der Waals surface area contributed by atoms with Crippen molar-refractivity contribution in [3.8, 4) is 0 Å². The van der Waals surface area contributed by atoms with Gasteiger partial charge < -0.3 is 9.32 Å². The van der Waals surface area contributed by atoms with Crippen LogP contribution in [0.2, 0.25) is 0 Å². The lowest BCUT2D eigenvalue weighted by Crippen LogP contribution is -2.36. The van der Waals surface area contributed by atoms with Crippen LogP contribution < -0.4 is 0 Å². The van der Waals surface area contributed by atoms with Crippen molar-refractivity contribution in [1.82, 2.24) is 14.7 Å².